The Hall–Kier alpha value is -0.420. The molecule has 1 amide bonds. The molecule has 1 saturated carbocycles. The molecule has 5 heteroatoms. The third-order valence-electron chi connectivity index (χ3n) is 3.05. The van der Waals surface area contributed by atoms with Crippen LogP contribution in [0.4, 0.5) is 4.39 Å². The molecule has 0 radical (unpaired) electrons. The average molecular weight is 365 g/mol. The van der Waals surface area contributed by atoms with Crippen molar-refractivity contribution in [1.82, 2.24) is 5.32 Å². The van der Waals surface area contributed by atoms with Gasteiger partial charge in [0.25, 0.3) is 5.91 Å². The lowest BCUT2D eigenvalue weighted by atomic mass is 10.1. The monoisotopic (exact) mass is 363 g/mol. The molecular weight excluding hydrogens is 353 g/mol. The molecule has 0 bridgehead atoms. The van der Waals surface area contributed by atoms with E-state index in [0.717, 1.165) is 18.2 Å². The molecule has 1 aliphatic carbocycles. The second-order valence-electron chi connectivity index (χ2n) is 4.45. The van der Waals surface area contributed by atoms with Gasteiger partial charge < -0.3 is 5.32 Å². The average Bonchev–Trinajstić information content (AvgIpc) is 3.10. The summed E-state index contributed by atoms with van der Waals surface area (Å²) in [4.78, 5) is 11.8. The molecule has 1 aromatic carbocycles. The summed E-state index contributed by atoms with van der Waals surface area (Å²) in [5.74, 6) is -0.515. The van der Waals surface area contributed by atoms with Crippen LogP contribution in [0, 0.1) is 11.2 Å². The maximum Gasteiger partial charge on any atom is 0.251 e. The molecule has 92 valence electrons. The van der Waals surface area contributed by atoms with Crippen molar-refractivity contribution in [3.8, 4) is 0 Å². The van der Waals surface area contributed by atoms with Gasteiger partial charge in [-0.05, 0) is 52.4 Å². The molecule has 0 spiro atoms. The second-order valence-corrected chi connectivity index (χ2v) is 5.86. The first kappa shape index (κ1) is 13.0. The molecule has 1 aromatic rings. The Balaban J connectivity index is 1.97. The number of benzene rings is 1. The van der Waals surface area contributed by atoms with Gasteiger partial charge >= 0.3 is 0 Å². The highest BCUT2D eigenvalue weighted by molar-refractivity contribution is 9.10. The predicted octanol–water partition coefficient (Wildman–Crippen LogP) is 3.49. The number of hydrogen-bond acceptors (Lipinski definition) is 1. The zero-order valence-electron chi connectivity index (χ0n) is 9.10. The summed E-state index contributed by atoms with van der Waals surface area (Å²) < 4.78 is 13.3. The lowest BCUT2D eigenvalue weighted by molar-refractivity contribution is 0.0946. The van der Waals surface area contributed by atoms with Crippen molar-refractivity contribution in [3.63, 3.8) is 0 Å². The smallest absolute Gasteiger partial charge is 0.251 e. The standard InChI is InChI=1S/C12H12Br2FNO/c13-6-12(3-4-12)7-16-11(17)8-1-2-10(15)9(14)5-8/h1-2,5H,3-4,6-7H2,(H,16,17). The first-order valence-electron chi connectivity index (χ1n) is 5.36. The lowest BCUT2D eigenvalue weighted by Crippen LogP contribution is -2.30. The van der Waals surface area contributed by atoms with E-state index in [1.165, 1.54) is 18.2 Å². The van der Waals surface area contributed by atoms with E-state index in [0.29, 0.717) is 16.6 Å². The number of amides is 1. The molecule has 0 atom stereocenters. The van der Waals surface area contributed by atoms with Crippen LogP contribution in [0.1, 0.15) is 23.2 Å². The van der Waals surface area contributed by atoms with Gasteiger partial charge in [-0.15, -0.1) is 0 Å². The Morgan fingerprint density at radius 1 is 1.47 bits per heavy atom. The van der Waals surface area contributed by atoms with E-state index >= 15 is 0 Å². The maximum atomic E-state index is 13.0. The van der Waals surface area contributed by atoms with E-state index in [2.05, 4.69) is 37.2 Å². The van der Waals surface area contributed by atoms with Crippen LogP contribution in [0.2, 0.25) is 0 Å². The molecule has 0 unspecified atom stereocenters. The summed E-state index contributed by atoms with van der Waals surface area (Å²) in [5.41, 5.74) is 0.719. The Morgan fingerprint density at radius 2 is 2.18 bits per heavy atom. The van der Waals surface area contributed by atoms with Gasteiger partial charge in [0.05, 0.1) is 4.47 Å². The molecule has 1 aliphatic rings. The molecule has 0 saturated heterocycles. The Bertz CT molecular complexity index is 446. The molecular formula is C12H12Br2FNO. The van der Waals surface area contributed by atoms with Crippen molar-refractivity contribution in [2.24, 2.45) is 5.41 Å². The zero-order chi connectivity index (χ0) is 12.5. The molecule has 0 heterocycles. The summed E-state index contributed by atoms with van der Waals surface area (Å²) >= 11 is 6.52. The van der Waals surface area contributed by atoms with Crippen LogP contribution in [0.15, 0.2) is 22.7 Å². The fraction of sp³-hybridized carbons (Fsp3) is 0.417. The van der Waals surface area contributed by atoms with E-state index in [1.807, 2.05) is 0 Å². The fourth-order valence-electron chi connectivity index (χ4n) is 1.54. The van der Waals surface area contributed by atoms with Crippen molar-refractivity contribution >= 4 is 37.8 Å². The van der Waals surface area contributed by atoms with Gasteiger partial charge in [0, 0.05) is 17.4 Å². The number of hydrogen-bond donors (Lipinski definition) is 1. The number of carbonyl (C=O) groups excluding carboxylic acids is 1. The van der Waals surface area contributed by atoms with Gasteiger partial charge in [0.1, 0.15) is 5.82 Å². The van der Waals surface area contributed by atoms with Gasteiger partial charge in [-0.1, -0.05) is 15.9 Å². The minimum atomic E-state index is -0.360. The van der Waals surface area contributed by atoms with Gasteiger partial charge in [-0.2, -0.15) is 0 Å². The third kappa shape index (κ3) is 3.07. The number of rotatable bonds is 4. The highest BCUT2D eigenvalue weighted by Crippen LogP contribution is 2.46. The van der Waals surface area contributed by atoms with Crippen LogP contribution in [0.3, 0.4) is 0 Å². The quantitative estimate of drug-likeness (QED) is 0.814. The van der Waals surface area contributed by atoms with Crippen molar-refractivity contribution in [2.75, 3.05) is 11.9 Å². The first-order valence-corrected chi connectivity index (χ1v) is 7.27. The number of halogens is 3. The largest absolute Gasteiger partial charge is 0.351 e. The van der Waals surface area contributed by atoms with Crippen LogP contribution in [-0.4, -0.2) is 17.8 Å². The summed E-state index contributed by atoms with van der Waals surface area (Å²) in [6.07, 6.45) is 2.29. The molecule has 2 nitrogen and oxygen atoms in total. The van der Waals surface area contributed by atoms with E-state index in [-0.39, 0.29) is 17.1 Å². The molecule has 17 heavy (non-hydrogen) atoms. The highest BCUT2D eigenvalue weighted by atomic mass is 79.9. The number of nitrogens with one attached hydrogen (secondary N) is 1. The molecule has 2 rings (SSSR count). The number of alkyl halides is 1. The number of carbonyl (C=O) groups is 1. The third-order valence-corrected chi connectivity index (χ3v) is 4.84. The Kier molecular flexibility index (Phi) is 3.88. The van der Waals surface area contributed by atoms with E-state index in [1.54, 1.807) is 0 Å². The molecule has 0 aromatic heterocycles. The van der Waals surface area contributed by atoms with Crippen molar-refractivity contribution < 1.29 is 9.18 Å². The Labute approximate surface area is 116 Å². The fourth-order valence-corrected chi connectivity index (χ4v) is 2.68. The minimum absolute atomic E-state index is 0.155. The van der Waals surface area contributed by atoms with Crippen LogP contribution >= 0.6 is 31.9 Å². The van der Waals surface area contributed by atoms with Crippen molar-refractivity contribution in [2.45, 2.75) is 12.8 Å². The van der Waals surface area contributed by atoms with E-state index < -0.39 is 0 Å². The molecule has 1 fully saturated rings. The summed E-state index contributed by atoms with van der Waals surface area (Å²) in [5, 5.41) is 3.80. The molecule has 0 aliphatic heterocycles. The van der Waals surface area contributed by atoms with Crippen LogP contribution in [0.5, 0.6) is 0 Å². The maximum absolute atomic E-state index is 13.0. The van der Waals surface area contributed by atoms with Crippen molar-refractivity contribution in [1.29, 1.82) is 0 Å². The van der Waals surface area contributed by atoms with Gasteiger partial charge in [0.2, 0.25) is 0 Å². The summed E-state index contributed by atoms with van der Waals surface area (Å²) in [6, 6.07) is 4.28. The molecule has 1 N–H and O–H groups in total. The normalized spacial score (nSPS) is 16.6. The van der Waals surface area contributed by atoms with Gasteiger partial charge in [-0.25, -0.2) is 4.39 Å². The van der Waals surface area contributed by atoms with Crippen molar-refractivity contribution in [3.05, 3.63) is 34.1 Å². The van der Waals surface area contributed by atoms with E-state index in [4.69, 9.17) is 0 Å². The SMILES string of the molecule is O=C(NCC1(CBr)CC1)c1ccc(F)c(Br)c1. The zero-order valence-corrected chi connectivity index (χ0v) is 12.3. The predicted molar refractivity (Wildman–Crippen MR) is 71.9 cm³/mol. The van der Waals surface area contributed by atoms with E-state index in [9.17, 15) is 9.18 Å². The van der Waals surface area contributed by atoms with Crippen LogP contribution in [-0.2, 0) is 0 Å². The highest BCUT2D eigenvalue weighted by Gasteiger charge is 2.41. The lowest BCUT2D eigenvalue weighted by Gasteiger charge is -2.12. The topological polar surface area (TPSA) is 29.1 Å². The Morgan fingerprint density at radius 3 is 2.71 bits per heavy atom. The summed E-state index contributed by atoms with van der Waals surface area (Å²) in [6.45, 7) is 0.673. The second kappa shape index (κ2) is 5.06. The van der Waals surface area contributed by atoms with Crippen LogP contribution < -0.4 is 5.32 Å². The minimum Gasteiger partial charge on any atom is -0.351 e. The summed E-state index contributed by atoms with van der Waals surface area (Å²) in [7, 11) is 0. The van der Waals surface area contributed by atoms with Crippen LogP contribution in [0.25, 0.3) is 0 Å². The van der Waals surface area contributed by atoms with Gasteiger partial charge in [0.15, 0.2) is 0 Å². The first-order chi connectivity index (χ1) is 8.06. The van der Waals surface area contributed by atoms with Gasteiger partial charge in [-0.3, -0.25) is 4.79 Å².